The van der Waals surface area contributed by atoms with Gasteiger partial charge in [0.1, 0.15) is 11.6 Å². The minimum absolute atomic E-state index is 0.0119. The monoisotopic (exact) mass is 658 g/mol. The van der Waals surface area contributed by atoms with Crippen LogP contribution < -0.4 is 16.0 Å². The first-order chi connectivity index (χ1) is 20.9. The number of amides is 2. The second kappa shape index (κ2) is 23.4. The van der Waals surface area contributed by atoms with Gasteiger partial charge in [0.15, 0.2) is 0 Å². The number of pyridine rings is 1. The standard InChI is InChI=1S/C31H54N4O7S2/c1-25(2)35-24-29(38)40-22-21-39-19-16-32-26(36)10-9-13-30(3,4)41-18-14-31(5,6)42-20-17-33-27(37)12-23-43-44-28-11-7-8-15-34-28/h7-8,11,15,25,35H,9-10,12-14,16-24H2,1-6H3,(H,32,36)(H,33,37). The summed E-state index contributed by atoms with van der Waals surface area (Å²) in [5.41, 5.74) is -0.743. The highest BCUT2D eigenvalue weighted by molar-refractivity contribution is 8.76. The van der Waals surface area contributed by atoms with Gasteiger partial charge in [-0.15, -0.1) is 0 Å². The highest BCUT2D eigenvalue weighted by atomic mass is 33.1. The van der Waals surface area contributed by atoms with Gasteiger partial charge >= 0.3 is 5.97 Å². The lowest BCUT2D eigenvalue weighted by Crippen LogP contribution is -2.34. The molecule has 0 saturated heterocycles. The van der Waals surface area contributed by atoms with Crippen molar-refractivity contribution in [2.24, 2.45) is 0 Å². The van der Waals surface area contributed by atoms with E-state index in [1.165, 1.54) is 0 Å². The van der Waals surface area contributed by atoms with Gasteiger partial charge in [0.2, 0.25) is 11.8 Å². The predicted molar refractivity (Wildman–Crippen MR) is 177 cm³/mol. The van der Waals surface area contributed by atoms with Crippen molar-refractivity contribution in [3.63, 3.8) is 0 Å². The van der Waals surface area contributed by atoms with E-state index in [1.807, 2.05) is 59.7 Å². The van der Waals surface area contributed by atoms with Crippen molar-refractivity contribution in [2.75, 3.05) is 58.4 Å². The normalized spacial score (nSPS) is 11.9. The van der Waals surface area contributed by atoms with Gasteiger partial charge < -0.3 is 34.9 Å². The first-order valence-corrected chi connectivity index (χ1v) is 17.7. The van der Waals surface area contributed by atoms with Gasteiger partial charge in [-0.1, -0.05) is 30.7 Å². The second-order valence-corrected chi connectivity index (χ2v) is 14.1. The van der Waals surface area contributed by atoms with Gasteiger partial charge in [0.05, 0.1) is 44.2 Å². The van der Waals surface area contributed by atoms with E-state index in [9.17, 15) is 14.4 Å². The number of aromatic nitrogens is 1. The van der Waals surface area contributed by atoms with Gasteiger partial charge in [-0.2, -0.15) is 0 Å². The molecule has 252 valence electrons. The Hall–Kier alpha value is -1.90. The number of hydrogen-bond donors (Lipinski definition) is 3. The van der Waals surface area contributed by atoms with E-state index in [-0.39, 0.29) is 48.2 Å². The Morgan fingerprint density at radius 1 is 0.864 bits per heavy atom. The van der Waals surface area contributed by atoms with Crippen molar-refractivity contribution < 1.29 is 33.3 Å². The van der Waals surface area contributed by atoms with Crippen LogP contribution in [-0.2, 0) is 33.3 Å². The molecule has 0 aliphatic carbocycles. The Balaban J connectivity index is 2.03. The largest absolute Gasteiger partial charge is 0.462 e. The molecule has 0 saturated carbocycles. The maximum atomic E-state index is 12.1. The van der Waals surface area contributed by atoms with Gasteiger partial charge in [-0.05, 0) is 69.9 Å². The molecule has 2 amide bonds. The SMILES string of the molecule is CC(C)NCC(=O)OCCOCCNC(=O)CCCC(C)(C)OCCC(C)(C)OCCNC(=O)CCSSc1ccccn1. The molecule has 1 aromatic rings. The van der Waals surface area contributed by atoms with Crippen LogP contribution in [0.25, 0.3) is 0 Å². The molecule has 0 radical (unpaired) electrons. The van der Waals surface area contributed by atoms with Crippen LogP contribution in [0, 0.1) is 0 Å². The highest BCUT2D eigenvalue weighted by Crippen LogP contribution is 2.29. The van der Waals surface area contributed by atoms with Crippen LogP contribution >= 0.6 is 21.6 Å². The predicted octanol–water partition coefficient (Wildman–Crippen LogP) is 4.15. The number of carbonyl (C=O) groups is 3. The molecule has 0 aliphatic rings. The molecule has 0 spiro atoms. The molecule has 0 aromatic carbocycles. The molecular weight excluding hydrogens is 604 g/mol. The van der Waals surface area contributed by atoms with Crippen LogP contribution in [0.1, 0.15) is 73.6 Å². The molecule has 0 fully saturated rings. The number of ether oxygens (including phenoxy) is 4. The van der Waals surface area contributed by atoms with E-state index in [2.05, 4.69) is 20.9 Å². The van der Waals surface area contributed by atoms with E-state index in [0.29, 0.717) is 71.0 Å². The van der Waals surface area contributed by atoms with Crippen molar-refractivity contribution in [3.8, 4) is 0 Å². The fourth-order valence-corrected chi connectivity index (χ4v) is 5.51. The van der Waals surface area contributed by atoms with Crippen molar-refractivity contribution in [1.82, 2.24) is 20.9 Å². The average molecular weight is 659 g/mol. The molecule has 0 atom stereocenters. The third-order valence-electron chi connectivity index (χ3n) is 6.21. The minimum atomic E-state index is -0.384. The number of rotatable bonds is 26. The van der Waals surface area contributed by atoms with Crippen molar-refractivity contribution in [2.45, 2.75) is 95.9 Å². The summed E-state index contributed by atoms with van der Waals surface area (Å²) in [7, 11) is 3.19. The third-order valence-corrected chi connectivity index (χ3v) is 8.47. The highest BCUT2D eigenvalue weighted by Gasteiger charge is 2.23. The molecule has 3 N–H and O–H groups in total. The number of esters is 1. The van der Waals surface area contributed by atoms with Crippen LogP contribution in [0.4, 0.5) is 0 Å². The average Bonchev–Trinajstić information content (AvgIpc) is 2.96. The van der Waals surface area contributed by atoms with E-state index in [1.54, 1.807) is 27.8 Å². The van der Waals surface area contributed by atoms with Gasteiger partial charge in [0.25, 0.3) is 0 Å². The number of carbonyl (C=O) groups excluding carboxylic acids is 3. The summed E-state index contributed by atoms with van der Waals surface area (Å²) in [6.45, 7) is 14.9. The van der Waals surface area contributed by atoms with Crippen LogP contribution in [0.3, 0.4) is 0 Å². The Morgan fingerprint density at radius 2 is 1.55 bits per heavy atom. The van der Waals surface area contributed by atoms with Gasteiger partial charge in [-0.3, -0.25) is 14.4 Å². The Bertz CT molecular complexity index is 937. The second-order valence-electron chi connectivity index (χ2n) is 11.7. The van der Waals surface area contributed by atoms with Crippen LogP contribution in [0.5, 0.6) is 0 Å². The van der Waals surface area contributed by atoms with E-state index in [0.717, 1.165) is 11.4 Å². The lowest BCUT2D eigenvalue weighted by Gasteiger charge is -2.30. The third kappa shape index (κ3) is 23.5. The first kappa shape index (κ1) is 40.1. The maximum Gasteiger partial charge on any atom is 0.320 e. The number of nitrogens with zero attached hydrogens (tertiary/aromatic N) is 1. The summed E-state index contributed by atoms with van der Waals surface area (Å²) in [5, 5.41) is 9.68. The van der Waals surface area contributed by atoms with E-state index >= 15 is 0 Å². The minimum Gasteiger partial charge on any atom is -0.462 e. The lowest BCUT2D eigenvalue weighted by atomic mass is 10.0. The zero-order chi connectivity index (χ0) is 32.7. The van der Waals surface area contributed by atoms with Crippen LogP contribution in [0.2, 0.25) is 0 Å². The molecule has 1 heterocycles. The van der Waals surface area contributed by atoms with E-state index < -0.39 is 0 Å². The van der Waals surface area contributed by atoms with Gasteiger partial charge in [0, 0.05) is 43.9 Å². The number of hydrogen-bond acceptors (Lipinski definition) is 11. The summed E-state index contributed by atoms with van der Waals surface area (Å²) >= 11 is 0. The maximum absolute atomic E-state index is 12.1. The molecule has 44 heavy (non-hydrogen) atoms. The van der Waals surface area contributed by atoms with E-state index in [4.69, 9.17) is 18.9 Å². The molecule has 13 heteroatoms. The molecule has 0 bridgehead atoms. The smallest absolute Gasteiger partial charge is 0.320 e. The topological polar surface area (TPSA) is 137 Å². The summed E-state index contributed by atoms with van der Waals surface area (Å²) in [5.74, 6) is 0.387. The summed E-state index contributed by atoms with van der Waals surface area (Å²) in [4.78, 5) is 40.0. The van der Waals surface area contributed by atoms with Gasteiger partial charge in [-0.25, -0.2) is 4.98 Å². The van der Waals surface area contributed by atoms with Crippen molar-refractivity contribution >= 4 is 39.4 Å². The van der Waals surface area contributed by atoms with Crippen LogP contribution in [-0.4, -0.2) is 98.4 Å². The Morgan fingerprint density at radius 3 is 2.25 bits per heavy atom. The lowest BCUT2D eigenvalue weighted by molar-refractivity contribution is -0.144. The zero-order valence-corrected chi connectivity index (χ0v) is 29.0. The molecule has 0 unspecified atom stereocenters. The fraction of sp³-hybridized carbons (Fsp3) is 0.742. The fourth-order valence-electron chi connectivity index (χ4n) is 3.64. The van der Waals surface area contributed by atoms with Crippen molar-refractivity contribution in [1.29, 1.82) is 0 Å². The Kier molecular flexibility index (Phi) is 21.4. The molecule has 11 nitrogen and oxygen atoms in total. The zero-order valence-electron chi connectivity index (χ0n) is 27.4. The first-order valence-electron chi connectivity index (χ1n) is 15.4. The summed E-state index contributed by atoms with van der Waals surface area (Å²) in [6, 6.07) is 6.00. The summed E-state index contributed by atoms with van der Waals surface area (Å²) < 4.78 is 22.6. The summed E-state index contributed by atoms with van der Waals surface area (Å²) in [6.07, 6.45) is 4.79. The molecule has 0 aliphatic heterocycles. The Labute approximate surface area is 271 Å². The molecule has 1 rings (SSSR count). The molecular formula is C31H54N4O7S2. The quantitative estimate of drug-likeness (QED) is 0.0752. The number of nitrogens with one attached hydrogen (secondary N) is 3. The van der Waals surface area contributed by atoms with Crippen molar-refractivity contribution in [3.05, 3.63) is 24.4 Å². The van der Waals surface area contributed by atoms with Crippen LogP contribution in [0.15, 0.2) is 29.4 Å². The molecule has 1 aromatic heterocycles.